The monoisotopic (exact) mass is 401 g/mol. The molecule has 150 valence electrons. The second-order valence-electron chi connectivity index (χ2n) is 6.83. The van der Waals surface area contributed by atoms with Gasteiger partial charge in [-0.1, -0.05) is 32.1 Å². The van der Waals surface area contributed by atoms with Crippen LogP contribution >= 0.6 is 11.3 Å². The van der Waals surface area contributed by atoms with Crippen molar-refractivity contribution in [1.82, 2.24) is 4.90 Å². The molecule has 1 fully saturated rings. The van der Waals surface area contributed by atoms with Gasteiger partial charge in [0.05, 0.1) is 12.1 Å². The Balaban J connectivity index is 1.92. The Bertz CT molecular complexity index is 799. The Morgan fingerprint density at radius 2 is 2.21 bits per heavy atom. The summed E-state index contributed by atoms with van der Waals surface area (Å²) < 4.78 is 0. The molecule has 3 unspecified atom stereocenters. The number of hydrogen-bond acceptors (Lipinski definition) is 4. The fourth-order valence-corrected chi connectivity index (χ4v) is 3.72. The molecule has 0 bridgehead atoms. The molecule has 1 saturated heterocycles. The van der Waals surface area contributed by atoms with Crippen molar-refractivity contribution < 1.29 is 19.8 Å². The molecule has 28 heavy (non-hydrogen) atoms. The fraction of sp³-hybridized carbons (Fsp3) is 0.455. The van der Waals surface area contributed by atoms with Crippen LogP contribution in [0.3, 0.4) is 0 Å². The molecule has 5 nitrogen and oxygen atoms in total. The molecule has 1 aromatic heterocycles. The van der Waals surface area contributed by atoms with E-state index in [0.717, 1.165) is 17.7 Å². The molecule has 0 aromatic carbocycles. The van der Waals surface area contributed by atoms with Gasteiger partial charge in [0.15, 0.2) is 0 Å². The predicted octanol–water partition coefficient (Wildman–Crippen LogP) is 3.81. The van der Waals surface area contributed by atoms with Gasteiger partial charge >= 0.3 is 5.97 Å². The maximum Gasteiger partial charge on any atom is 0.345 e. The summed E-state index contributed by atoms with van der Waals surface area (Å²) >= 11 is 1.20. The van der Waals surface area contributed by atoms with E-state index < -0.39 is 12.1 Å². The number of carboxylic acids is 1. The molecule has 0 radical (unpaired) electrons. The standard InChI is InChI=1S/C22H27NO4S/c1-3-4-5-7-16(2)19(24)12-9-17-10-14-21(25)23(17)15-6-8-18-11-13-20(28-18)22(26)27/h6,8-9,11-13,16-17,19,24H,3,7,10,14-15H2,1-2H3,(H,26,27). The van der Waals surface area contributed by atoms with Crippen molar-refractivity contribution in [2.75, 3.05) is 6.54 Å². The van der Waals surface area contributed by atoms with Gasteiger partial charge in [-0.25, -0.2) is 4.79 Å². The first-order valence-corrected chi connectivity index (χ1v) is 10.3. The minimum absolute atomic E-state index is 0.0290. The quantitative estimate of drug-likeness (QED) is 0.513. The van der Waals surface area contributed by atoms with E-state index in [9.17, 15) is 14.7 Å². The fourth-order valence-electron chi connectivity index (χ4n) is 2.94. The predicted molar refractivity (Wildman–Crippen MR) is 112 cm³/mol. The third-order valence-electron chi connectivity index (χ3n) is 4.64. The highest BCUT2D eigenvalue weighted by atomic mass is 32.1. The third-order valence-corrected chi connectivity index (χ3v) is 5.67. The molecular formula is C22H27NO4S. The highest BCUT2D eigenvalue weighted by Gasteiger charge is 2.28. The Morgan fingerprint density at radius 1 is 1.43 bits per heavy atom. The number of likely N-dealkylation sites (tertiary alicyclic amines) is 1. The SMILES string of the molecule is CCC#CCC(C)C(O)C=CC1CCC(=O)N1CC=Cc1ccc(C(=O)O)s1. The van der Waals surface area contributed by atoms with Gasteiger partial charge < -0.3 is 15.1 Å². The Kier molecular flexibility index (Phi) is 8.49. The summed E-state index contributed by atoms with van der Waals surface area (Å²) in [6, 6.07) is 3.30. The smallest absolute Gasteiger partial charge is 0.345 e. The summed E-state index contributed by atoms with van der Waals surface area (Å²) in [4.78, 5) is 26.0. The highest BCUT2D eigenvalue weighted by Crippen LogP contribution is 2.22. The number of aliphatic hydroxyl groups excluding tert-OH is 1. The first-order valence-electron chi connectivity index (χ1n) is 9.53. The molecule has 2 N–H and O–H groups in total. The maximum absolute atomic E-state index is 12.2. The lowest BCUT2D eigenvalue weighted by Crippen LogP contribution is -2.32. The van der Waals surface area contributed by atoms with Gasteiger partial charge in [-0.2, -0.15) is 0 Å². The largest absolute Gasteiger partial charge is 0.477 e. The van der Waals surface area contributed by atoms with Crippen molar-refractivity contribution >= 4 is 29.3 Å². The second-order valence-corrected chi connectivity index (χ2v) is 7.94. The van der Waals surface area contributed by atoms with E-state index in [2.05, 4.69) is 11.8 Å². The van der Waals surface area contributed by atoms with Crippen LogP contribution in [0, 0.1) is 17.8 Å². The summed E-state index contributed by atoms with van der Waals surface area (Å²) in [6.07, 6.45) is 9.52. The van der Waals surface area contributed by atoms with Gasteiger partial charge in [-0.3, -0.25) is 4.79 Å². The van der Waals surface area contributed by atoms with Crippen LogP contribution in [-0.4, -0.2) is 45.7 Å². The van der Waals surface area contributed by atoms with Crippen LogP contribution in [0.25, 0.3) is 6.08 Å². The molecule has 1 aromatic rings. The van der Waals surface area contributed by atoms with Crippen LogP contribution in [-0.2, 0) is 4.79 Å². The number of aliphatic hydroxyl groups is 1. The van der Waals surface area contributed by atoms with E-state index in [1.807, 2.05) is 32.1 Å². The maximum atomic E-state index is 12.2. The highest BCUT2D eigenvalue weighted by molar-refractivity contribution is 7.14. The molecule has 2 heterocycles. The number of carboxylic acid groups (broad SMARTS) is 1. The van der Waals surface area contributed by atoms with Crippen LogP contribution < -0.4 is 0 Å². The number of aromatic carboxylic acids is 1. The minimum Gasteiger partial charge on any atom is -0.477 e. The average Bonchev–Trinajstić information content (AvgIpc) is 3.27. The van der Waals surface area contributed by atoms with E-state index >= 15 is 0 Å². The van der Waals surface area contributed by atoms with E-state index in [-0.39, 0.29) is 17.9 Å². The number of amides is 1. The first-order chi connectivity index (χ1) is 13.4. The van der Waals surface area contributed by atoms with Gasteiger partial charge in [-0.15, -0.1) is 23.2 Å². The lowest BCUT2D eigenvalue weighted by Gasteiger charge is -2.21. The Labute approximate surface area is 170 Å². The normalized spacial score (nSPS) is 19.2. The van der Waals surface area contributed by atoms with Gasteiger partial charge in [0.2, 0.25) is 5.91 Å². The molecule has 1 amide bonds. The van der Waals surface area contributed by atoms with E-state index in [1.165, 1.54) is 11.3 Å². The molecule has 0 aliphatic carbocycles. The van der Waals surface area contributed by atoms with Crippen LogP contribution in [0.2, 0.25) is 0 Å². The van der Waals surface area contributed by atoms with Gasteiger partial charge in [0, 0.05) is 30.7 Å². The van der Waals surface area contributed by atoms with Gasteiger partial charge in [0.1, 0.15) is 4.88 Å². The molecule has 1 aliphatic rings. The van der Waals surface area contributed by atoms with Crippen molar-refractivity contribution in [3.63, 3.8) is 0 Å². The Hall–Kier alpha value is -2.36. The molecule has 0 spiro atoms. The van der Waals surface area contributed by atoms with Crippen molar-refractivity contribution in [3.8, 4) is 11.8 Å². The topological polar surface area (TPSA) is 77.8 Å². The minimum atomic E-state index is -0.932. The molecule has 2 rings (SSSR count). The van der Waals surface area contributed by atoms with Crippen LogP contribution in [0.5, 0.6) is 0 Å². The number of nitrogens with zero attached hydrogens (tertiary/aromatic N) is 1. The number of rotatable bonds is 8. The lowest BCUT2D eigenvalue weighted by molar-refractivity contribution is -0.127. The second kappa shape index (κ2) is 10.8. The van der Waals surface area contributed by atoms with Gasteiger partial charge in [0.25, 0.3) is 0 Å². The summed E-state index contributed by atoms with van der Waals surface area (Å²) in [6.45, 7) is 4.42. The molecular weight excluding hydrogens is 374 g/mol. The first kappa shape index (κ1) is 21.9. The van der Waals surface area contributed by atoms with Gasteiger partial charge in [-0.05, 0) is 30.5 Å². The number of carbonyl (C=O) groups is 2. The van der Waals surface area contributed by atoms with Crippen LogP contribution in [0.4, 0.5) is 0 Å². The number of hydrogen-bond donors (Lipinski definition) is 2. The lowest BCUT2D eigenvalue weighted by atomic mass is 10.00. The summed E-state index contributed by atoms with van der Waals surface area (Å²) in [5.74, 6) is 5.27. The van der Waals surface area contributed by atoms with E-state index in [1.54, 1.807) is 23.1 Å². The van der Waals surface area contributed by atoms with E-state index in [4.69, 9.17) is 5.11 Å². The van der Waals surface area contributed by atoms with Crippen molar-refractivity contribution in [2.24, 2.45) is 5.92 Å². The summed E-state index contributed by atoms with van der Waals surface area (Å²) in [7, 11) is 0. The third kappa shape index (κ3) is 6.36. The molecule has 0 saturated carbocycles. The average molecular weight is 402 g/mol. The molecule has 6 heteroatoms. The Morgan fingerprint density at radius 3 is 2.89 bits per heavy atom. The van der Waals surface area contributed by atoms with Crippen LogP contribution in [0.15, 0.2) is 30.4 Å². The zero-order valence-electron chi connectivity index (χ0n) is 16.3. The van der Waals surface area contributed by atoms with Crippen LogP contribution in [0.1, 0.15) is 54.1 Å². The van der Waals surface area contributed by atoms with Crippen molar-refractivity contribution in [3.05, 3.63) is 40.1 Å². The van der Waals surface area contributed by atoms with Crippen molar-refractivity contribution in [1.29, 1.82) is 0 Å². The zero-order chi connectivity index (χ0) is 20.5. The summed E-state index contributed by atoms with van der Waals surface area (Å²) in [5, 5.41) is 19.2. The van der Waals surface area contributed by atoms with E-state index in [0.29, 0.717) is 24.3 Å². The summed E-state index contributed by atoms with van der Waals surface area (Å²) in [5.41, 5.74) is 0. The molecule has 1 aliphatic heterocycles. The molecule has 3 atom stereocenters. The zero-order valence-corrected chi connectivity index (χ0v) is 17.1. The number of thiophene rings is 1. The van der Waals surface area contributed by atoms with Crippen molar-refractivity contribution in [2.45, 2.75) is 51.7 Å². The number of carbonyl (C=O) groups excluding carboxylic acids is 1.